The second kappa shape index (κ2) is 9.86. The van der Waals surface area contributed by atoms with E-state index in [1.54, 1.807) is 18.2 Å². The van der Waals surface area contributed by atoms with E-state index in [4.69, 9.17) is 27.9 Å². The number of nitrogens with one attached hydrogen (secondary N) is 1. The Kier molecular flexibility index (Phi) is 7.83. The van der Waals surface area contributed by atoms with Crippen molar-refractivity contribution in [3.63, 3.8) is 0 Å². The second-order valence-electron chi connectivity index (χ2n) is 5.69. The van der Waals surface area contributed by atoms with Crippen LogP contribution in [0.25, 0.3) is 0 Å². The summed E-state index contributed by atoms with van der Waals surface area (Å²) in [5.74, 6) is -1.07. The molecule has 1 aromatic carbocycles. The van der Waals surface area contributed by atoms with Crippen molar-refractivity contribution in [2.45, 2.75) is 32.1 Å². The fraction of sp³-hybridized carbons (Fsp3) is 0.389. The summed E-state index contributed by atoms with van der Waals surface area (Å²) in [4.78, 5) is 23.9. The van der Waals surface area contributed by atoms with Gasteiger partial charge in [0.05, 0.1) is 29.0 Å². The highest BCUT2D eigenvalue weighted by Gasteiger charge is 2.31. The van der Waals surface area contributed by atoms with Crippen LogP contribution < -0.4 is 5.32 Å². The molecular weight excluding hydrogens is 395 g/mol. The minimum Gasteiger partial charge on any atom is -0.465 e. The van der Waals surface area contributed by atoms with E-state index in [0.29, 0.717) is 32.8 Å². The Hall–Kier alpha value is -1.68. The van der Waals surface area contributed by atoms with E-state index in [9.17, 15) is 14.9 Å². The van der Waals surface area contributed by atoms with Gasteiger partial charge >= 0.3 is 5.97 Å². The highest BCUT2D eigenvalue weighted by atomic mass is 35.5. The average Bonchev–Trinajstić information content (AvgIpc) is 2.59. The van der Waals surface area contributed by atoms with Gasteiger partial charge < -0.3 is 10.1 Å². The van der Waals surface area contributed by atoms with Crippen molar-refractivity contribution in [1.29, 1.82) is 5.26 Å². The van der Waals surface area contributed by atoms with E-state index in [0.717, 1.165) is 24.6 Å². The smallest absolute Gasteiger partial charge is 0.316 e. The molecule has 1 heterocycles. The maximum Gasteiger partial charge on any atom is 0.316 e. The number of halogens is 2. The lowest BCUT2D eigenvalue weighted by Gasteiger charge is -2.25. The van der Waals surface area contributed by atoms with Crippen LogP contribution in [0.3, 0.4) is 0 Å². The molecule has 0 radical (unpaired) electrons. The summed E-state index contributed by atoms with van der Waals surface area (Å²) < 4.78 is 5.10. The molecule has 1 unspecified atom stereocenters. The molecule has 1 aromatic rings. The van der Waals surface area contributed by atoms with E-state index in [-0.39, 0.29) is 24.1 Å². The van der Waals surface area contributed by atoms with Crippen molar-refractivity contribution in [3.05, 3.63) is 44.4 Å². The van der Waals surface area contributed by atoms with Crippen LogP contribution >= 0.6 is 35.0 Å². The molecule has 138 valence electrons. The van der Waals surface area contributed by atoms with Gasteiger partial charge in [-0.15, -0.1) is 0 Å². The van der Waals surface area contributed by atoms with Gasteiger partial charge in [0, 0.05) is 22.4 Å². The molecule has 1 aliphatic heterocycles. The number of allylic oxidation sites excluding steroid dienone is 1. The maximum atomic E-state index is 12.1. The van der Waals surface area contributed by atoms with Crippen LogP contribution in [-0.2, 0) is 14.3 Å². The summed E-state index contributed by atoms with van der Waals surface area (Å²) >= 11 is 13.3. The van der Waals surface area contributed by atoms with Crippen molar-refractivity contribution in [2.24, 2.45) is 0 Å². The van der Waals surface area contributed by atoms with Crippen LogP contribution in [0.15, 0.2) is 28.8 Å². The lowest BCUT2D eigenvalue weighted by atomic mass is 9.87. The van der Waals surface area contributed by atoms with Gasteiger partial charge in [-0.2, -0.15) is 5.26 Å². The molecule has 1 N–H and O–H groups in total. The zero-order chi connectivity index (χ0) is 19.1. The van der Waals surface area contributed by atoms with E-state index in [1.807, 2.05) is 6.92 Å². The molecule has 26 heavy (non-hydrogen) atoms. The Labute approximate surface area is 166 Å². The van der Waals surface area contributed by atoms with Crippen LogP contribution in [0, 0.1) is 11.3 Å². The molecule has 0 fully saturated rings. The molecule has 1 amide bonds. The second-order valence-corrected chi connectivity index (χ2v) is 7.52. The molecule has 1 aliphatic rings. The largest absolute Gasteiger partial charge is 0.465 e. The van der Waals surface area contributed by atoms with Gasteiger partial charge in [0.1, 0.15) is 0 Å². The number of hydrogen-bond donors (Lipinski definition) is 1. The Morgan fingerprint density at radius 1 is 1.46 bits per heavy atom. The number of benzene rings is 1. The Bertz CT molecular complexity index is 774. The molecule has 0 bridgehead atoms. The Morgan fingerprint density at radius 2 is 2.23 bits per heavy atom. The molecule has 0 saturated carbocycles. The number of rotatable bonds is 7. The predicted molar refractivity (Wildman–Crippen MR) is 103 cm³/mol. The minimum absolute atomic E-state index is 0.0194. The van der Waals surface area contributed by atoms with Gasteiger partial charge in [-0.3, -0.25) is 9.59 Å². The number of carbonyl (C=O) groups is 2. The van der Waals surface area contributed by atoms with Crippen molar-refractivity contribution < 1.29 is 14.3 Å². The van der Waals surface area contributed by atoms with E-state index >= 15 is 0 Å². The number of esters is 1. The molecule has 0 aliphatic carbocycles. The van der Waals surface area contributed by atoms with Gasteiger partial charge in [-0.1, -0.05) is 54.4 Å². The predicted octanol–water partition coefficient (Wildman–Crippen LogP) is 4.41. The van der Waals surface area contributed by atoms with E-state index in [1.165, 1.54) is 0 Å². The Morgan fingerprint density at radius 3 is 2.88 bits per heavy atom. The molecule has 8 heteroatoms. The summed E-state index contributed by atoms with van der Waals surface area (Å²) in [6.07, 6.45) is 1.84. The molecule has 0 saturated heterocycles. The summed E-state index contributed by atoms with van der Waals surface area (Å²) in [6.45, 7) is 2.38. The van der Waals surface area contributed by atoms with Crippen LogP contribution in [0.4, 0.5) is 0 Å². The fourth-order valence-corrected chi connectivity index (χ4v) is 3.90. The van der Waals surface area contributed by atoms with E-state index in [2.05, 4.69) is 11.4 Å². The normalized spacial score (nSPS) is 16.8. The van der Waals surface area contributed by atoms with Gasteiger partial charge in [0.15, 0.2) is 0 Å². The number of amides is 1. The first kappa shape index (κ1) is 20.6. The molecule has 2 rings (SSSR count). The fourth-order valence-electron chi connectivity index (χ4n) is 2.49. The number of nitrogens with zero attached hydrogens (tertiary/aromatic N) is 1. The summed E-state index contributed by atoms with van der Waals surface area (Å²) in [7, 11) is 0. The van der Waals surface area contributed by atoms with Gasteiger partial charge in [0.2, 0.25) is 5.91 Å². The van der Waals surface area contributed by atoms with Gasteiger partial charge in [-0.25, -0.2) is 0 Å². The number of carbonyl (C=O) groups excluding carboxylic acids is 2. The quantitative estimate of drug-likeness (QED) is 0.529. The van der Waals surface area contributed by atoms with E-state index < -0.39 is 5.92 Å². The third kappa shape index (κ3) is 5.41. The van der Waals surface area contributed by atoms with Crippen molar-refractivity contribution >= 4 is 46.8 Å². The topological polar surface area (TPSA) is 79.2 Å². The molecule has 1 atom stereocenters. The van der Waals surface area contributed by atoms with Crippen molar-refractivity contribution in [3.8, 4) is 6.07 Å². The van der Waals surface area contributed by atoms with Crippen molar-refractivity contribution in [1.82, 2.24) is 5.32 Å². The number of nitriles is 1. The third-order valence-corrected chi connectivity index (χ3v) is 5.34. The van der Waals surface area contributed by atoms with Crippen LogP contribution in [0.2, 0.25) is 10.0 Å². The van der Waals surface area contributed by atoms with Crippen LogP contribution in [0.5, 0.6) is 0 Å². The maximum absolute atomic E-state index is 12.1. The lowest BCUT2D eigenvalue weighted by Crippen LogP contribution is -2.31. The van der Waals surface area contributed by atoms with Gasteiger partial charge in [-0.05, 0) is 24.1 Å². The zero-order valence-electron chi connectivity index (χ0n) is 14.2. The number of hydrogen-bond acceptors (Lipinski definition) is 5. The van der Waals surface area contributed by atoms with Crippen molar-refractivity contribution in [2.75, 3.05) is 12.4 Å². The third-order valence-electron chi connectivity index (χ3n) is 3.79. The summed E-state index contributed by atoms with van der Waals surface area (Å²) in [6, 6.07) is 7.11. The minimum atomic E-state index is -0.475. The molecule has 0 aromatic heterocycles. The molecule has 0 spiro atoms. The van der Waals surface area contributed by atoms with Gasteiger partial charge in [0.25, 0.3) is 0 Å². The highest BCUT2D eigenvalue weighted by molar-refractivity contribution is 8.03. The first-order chi connectivity index (χ1) is 12.5. The van der Waals surface area contributed by atoms with Crippen LogP contribution in [-0.4, -0.2) is 24.2 Å². The summed E-state index contributed by atoms with van der Waals surface area (Å²) in [5, 5.41) is 13.5. The van der Waals surface area contributed by atoms with Crippen LogP contribution in [0.1, 0.15) is 37.7 Å². The number of thioether (sulfide) groups is 1. The number of unbranched alkanes of at least 4 members (excludes halogenated alkanes) is 1. The molecule has 5 nitrogen and oxygen atoms in total. The SMILES string of the molecule is CCCCOC(=O)CSC1=C(C#N)C(c2ccc(Cl)cc2Cl)CC(=O)N1. The Balaban J connectivity index is 2.20. The molecular formula is C18H18Cl2N2O3S. The number of ether oxygens (including phenoxy) is 1. The highest BCUT2D eigenvalue weighted by Crippen LogP contribution is 2.39. The zero-order valence-corrected chi connectivity index (χ0v) is 16.5. The average molecular weight is 413 g/mol. The first-order valence-electron chi connectivity index (χ1n) is 8.13. The lowest BCUT2D eigenvalue weighted by molar-refractivity contribution is -0.140. The standard InChI is InChI=1S/C18H18Cl2N2O3S/c1-2-3-6-25-17(24)10-26-18-14(9-21)13(8-16(23)22-18)12-5-4-11(19)7-15(12)20/h4-5,7,13H,2-3,6,8,10H2,1H3,(H,22,23). The summed E-state index contributed by atoms with van der Waals surface area (Å²) in [5.41, 5.74) is 1.03. The monoisotopic (exact) mass is 412 g/mol. The first-order valence-corrected chi connectivity index (χ1v) is 9.87.